The topological polar surface area (TPSA) is 139 Å². The van der Waals surface area contributed by atoms with Crippen molar-refractivity contribution in [3.05, 3.63) is 57.1 Å². The van der Waals surface area contributed by atoms with Crippen molar-refractivity contribution in [3.63, 3.8) is 0 Å². The number of nitro groups is 1. The van der Waals surface area contributed by atoms with E-state index in [9.17, 15) is 29.3 Å². The number of benzene rings is 2. The molecule has 0 saturated carbocycles. The van der Waals surface area contributed by atoms with Gasteiger partial charge in [0, 0.05) is 17.7 Å². The second-order valence-corrected chi connectivity index (χ2v) is 8.01. The fourth-order valence-electron chi connectivity index (χ4n) is 2.09. The third-order valence-corrected chi connectivity index (χ3v) is 5.03. The molecule has 144 valence electrons. The van der Waals surface area contributed by atoms with Gasteiger partial charge in [-0.1, -0.05) is 11.6 Å². The molecular weight excluding hydrogens is 399 g/mol. The second kappa shape index (κ2) is 8.06. The van der Waals surface area contributed by atoms with Gasteiger partial charge in [-0.05, 0) is 38.1 Å². The molecule has 0 aliphatic carbocycles. The van der Waals surface area contributed by atoms with Crippen molar-refractivity contribution in [2.24, 2.45) is 0 Å². The number of anilines is 1. The van der Waals surface area contributed by atoms with Crippen LogP contribution in [0.25, 0.3) is 0 Å². The SMILES string of the molecule is CC(=O)c1ccc(Oc2ccc([N+](=O)[O-])c(NC(C)P(=O)(O)O)c2)c(Cl)c1. The maximum absolute atomic E-state index is 11.4. The van der Waals surface area contributed by atoms with Gasteiger partial charge in [-0.15, -0.1) is 0 Å². The van der Waals surface area contributed by atoms with Gasteiger partial charge in [0.15, 0.2) is 5.78 Å². The second-order valence-electron chi connectivity index (χ2n) is 5.65. The Kier molecular flexibility index (Phi) is 6.22. The van der Waals surface area contributed by atoms with Crippen molar-refractivity contribution < 1.29 is 28.8 Å². The monoisotopic (exact) mass is 414 g/mol. The van der Waals surface area contributed by atoms with Gasteiger partial charge < -0.3 is 19.8 Å². The predicted molar refractivity (Wildman–Crippen MR) is 99.8 cm³/mol. The van der Waals surface area contributed by atoms with Crippen LogP contribution < -0.4 is 10.1 Å². The summed E-state index contributed by atoms with van der Waals surface area (Å²) in [6.45, 7) is 2.60. The van der Waals surface area contributed by atoms with Crippen LogP contribution in [0.3, 0.4) is 0 Å². The standard InChI is InChI=1S/C16H16ClN2O7P/c1-9(20)11-3-6-16(13(17)7-11)26-12-4-5-15(19(21)22)14(8-12)18-10(2)27(23,24)25/h3-8,10,18H,1-2H3,(H2,23,24,25). The van der Waals surface area contributed by atoms with Crippen LogP contribution in [0.2, 0.25) is 5.02 Å². The Bertz CT molecular complexity index is 944. The van der Waals surface area contributed by atoms with Gasteiger partial charge >= 0.3 is 7.60 Å². The third-order valence-electron chi connectivity index (χ3n) is 3.60. The van der Waals surface area contributed by atoms with E-state index in [1.807, 2.05) is 0 Å². The Balaban J connectivity index is 2.36. The summed E-state index contributed by atoms with van der Waals surface area (Å²) in [5.74, 6) is -1.15. The van der Waals surface area contributed by atoms with Crippen LogP contribution in [-0.4, -0.2) is 26.3 Å². The molecule has 3 N–H and O–H groups in total. The van der Waals surface area contributed by atoms with E-state index < -0.39 is 18.3 Å². The highest BCUT2D eigenvalue weighted by Crippen LogP contribution is 2.43. The minimum atomic E-state index is -4.50. The summed E-state index contributed by atoms with van der Waals surface area (Å²) in [6, 6.07) is 8.12. The molecule has 1 unspecified atom stereocenters. The number of nitrogens with one attached hydrogen (secondary N) is 1. The number of nitrogens with zero attached hydrogens (tertiary/aromatic N) is 1. The lowest BCUT2D eigenvalue weighted by Gasteiger charge is -2.17. The van der Waals surface area contributed by atoms with Crippen molar-refractivity contribution in [1.82, 2.24) is 0 Å². The molecule has 2 aromatic carbocycles. The van der Waals surface area contributed by atoms with E-state index in [1.54, 1.807) is 0 Å². The molecule has 0 aliphatic rings. The van der Waals surface area contributed by atoms with Crippen LogP contribution in [0, 0.1) is 10.1 Å². The van der Waals surface area contributed by atoms with E-state index in [2.05, 4.69) is 5.32 Å². The molecule has 1 atom stereocenters. The number of halogens is 1. The first-order chi connectivity index (χ1) is 12.5. The maximum Gasteiger partial charge on any atom is 0.347 e. The summed E-state index contributed by atoms with van der Waals surface area (Å²) < 4.78 is 16.9. The minimum absolute atomic E-state index is 0.121. The number of ether oxygens (including phenoxy) is 1. The van der Waals surface area contributed by atoms with Gasteiger partial charge in [-0.2, -0.15) is 0 Å². The highest BCUT2D eigenvalue weighted by atomic mass is 35.5. The molecule has 2 rings (SSSR count). The molecule has 0 amide bonds. The molecule has 0 radical (unpaired) electrons. The average molecular weight is 415 g/mol. The van der Waals surface area contributed by atoms with Gasteiger partial charge in [-0.3, -0.25) is 19.5 Å². The number of ketones is 1. The van der Waals surface area contributed by atoms with Crippen LogP contribution in [0.15, 0.2) is 36.4 Å². The Morgan fingerprint density at radius 2 is 1.96 bits per heavy atom. The highest BCUT2D eigenvalue weighted by Gasteiger charge is 2.26. The summed E-state index contributed by atoms with van der Waals surface area (Å²) in [7, 11) is -4.50. The minimum Gasteiger partial charge on any atom is -0.456 e. The van der Waals surface area contributed by atoms with E-state index in [4.69, 9.17) is 16.3 Å². The van der Waals surface area contributed by atoms with Gasteiger partial charge in [-0.25, -0.2) is 0 Å². The number of carbonyl (C=O) groups excluding carboxylic acids is 1. The molecular formula is C16H16ClN2O7P. The quantitative estimate of drug-likeness (QED) is 0.265. The molecule has 0 spiro atoms. The molecule has 2 aromatic rings. The van der Waals surface area contributed by atoms with Gasteiger partial charge in [0.2, 0.25) is 0 Å². The summed E-state index contributed by atoms with van der Waals surface area (Å²) in [5.41, 5.74) is -0.0978. The average Bonchev–Trinajstić information content (AvgIpc) is 2.55. The molecule has 27 heavy (non-hydrogen) atoms. The normalized spacial score (nSPS) is 12.3. The van der Waals surface area contributed by atoms with E-state index >= 15 is 0 Å². The Morgan fingerprint density at radius 1 is 1.30 bits per heavy atom. The first-order valence-corrected chi connectivity index (χ1v) is 9.63. The highest BCUT2D eigenvalue weighted by molar-refractivity contribution is 7.52. The van der Waals surface area contributed by atoms with E-state index in [1.165, 1.54) is 44.2 Å². The van der Waals surface area contributed by atoms with Crippen LogP contribution >= 0.6 is 19.2 Å². The molecule has 11 heteroatoms. The molecule has 0 heterocycles. The number of Topliss-reactive ketones (excluding diaryl/α,β-unsaturated/α-hetero) is 1. The molecule has 0 aromatic heterocycles. The van der Waals surface area contributed by atoms with Crippen molar-refractivity contribution >= 4 is 36.4 Å². The maximum atomic E-state index is 11.4. The van der Waals surface area contributed by atoms with Crippen molar-refractivity contribution in [2.75, 3.05) is 5.32 Å². The number of hydrogen-bond acceptors (Lipinski definition) is 6. The molecule has 0 bridgehead atoms. The number of rotatable bonds is 7. The lowest BCUT2D eigenvalue weighted by atomic mass is 10.1. The third kappa shape index (κ3) is 5.27. The fourth-order valence-corrected chi connectivity index (χ4v) is 2.62. The van der Waals surface area contributed by atoms with Crippen LogP contribution in [0.5, 0.6) is 11.5 Å². The summed E-state index contributed by atoms with van der Waals surface area (Å²) in [6.07, 6.45) is 0. The number of nitro benzene ring substituents is 1. The number of carbonyl (C=O) groups is 1. The zero-order valence-corrected chi connectivity index (χ0v) is 15.9. The lowest BCUT2D eigenvalue weighted by molar-refractivity contribution is -0.384. The smallest absolute Gasteiger partial charge is 0.347 e. The summed E-state index contributed by atoms with van der Waals surface area (Å²) in [4.78, 5) is 40.2. The largest absolute Gasteiger partial charge is 0.456 e. The molecule has 9 nitrogen and oxygen atoms in total. The van der Waals surface area contributed by atoms with E-state index in [-0.39, 0.29) is 33.7 Å². The Labute approximate surface area is 159 Å². The fraction of sp³-hybridized carbons (Fsp3) is 0.188. The first kappa shape index (κ1) is 20.9. The van der Waals surface area contributed by atoms with Crippen molar-refractivity contribution in [2.45, 2.75) is 19.6 Å². The predicted octanol–water partition coefficient (Wildman–Crippen LogP) is 4.18. The van der Waals surface area contributed by atoms with E-state index in [0.717, 1.165) is 6.07 Å². The molecule has 0 fully saturated rings. The van der Waals surface area contributed by atoms with E-state index in [0.29, 0.717) is 5.56 Å². The van der Waals surface area contributed by atoms with Crippen molar-refractivity contribution in [1.29, 1.82) is 0 Å². The summed E-state index contributed by atoms with van der Waals surface area (Å²) >= 11 is 6.08. The van der Waals surface area contributed by atoms with Crippen LogP contribution in [0.4, 0.5) is 11.4 Å². The first-order valence-electron chi connectivity index (χ1n) is 7.57. The van der Waals surface area contributed by atoms with Crippen LogP contribution in [0.1, 0.15) is 24.2 Å². The van der Waals surface area contributed by atoms with Gasteiger partial charge in [0.05, 0.1) is 9.95 Å². The van der Waals surface area contributed by atoms with Crippen molar-refractivity contribution in [3.8, 4) is 11.5 Å². The van der Waals surface area contributed by atoms with Gasteiger partial charge in [0.25, 0.3) is 5.69 Å². The molecule has 0 saturated heterocycles. The zero-order chi connectivity index (χ0) is 20.4. The zero-order valence-electron chi connectivity index (χ0n) is 14.2. The Hall–Kier alpha value is -2.45. The molecule has 0 aliphatic heterocycles. The Morgan fingerprint density at radius 3 is 2.48 bits per heavy atom. The number of hydrogen-bond donors (Lipinski definition) is 3. The van der Waals surface area contributed by atoms with Gasteiger partial charge in [0.1, 0.15) is 23.0 Å². The van der Waals surface area contributed by atoms with Crippen LogP contribution in [-0.2, 0) is 4.57 Å². The lowest BCUT2D eigenvalue weighted by Crippen LogP contribution is -2.16. The summed E-state index contributed by atoms with van der Waals surface area (Å²) in [5, 5.41) is 13.8.